The highest BCUT2D eigenvalue weighted by atomic mass is 19.2. The van der Waals surface area contributed by atoms with Crippen LogP contribution in [0, 0.1) is 22.5 Å². The summed E-state index contributed by atoms with van der Waals surface area (Å²) in [6.45, 7) is 2.60. The molecule has 1 heterocycles. The first-order valence-corrected chi connectivity index (χ1v) is 12.2. The van der Waals surface area contributed by atoms with Crippen molar-refractivity contribution in [2.24, 2.45) is 11.1 Å². The fraction of sp³-hybridized carbons (Fsp3) is 0.407. The average Bonchev–Trinajstić information content (AvgIpc) is 2.88. The molecule has 0 bridgehead atoms. The quantitative estimate of drug-likeness (QED) is 0.393. The van der Waals surface area contributed by atoms with Gasteiger partial charge in [0.25, 0.3) is 0 Å². The van der Waals surface area contributed by atoms with Gasteiger partial charge in [0.1, 0.15) is 23.8 Å². The van der Waals surface area contributed by atoms with Crippen molar-refractivity contribution in [2.45, 2.75) is 38.3 Å². The lowest BCUT2D eigenvalue weighted by molar-refractivity contribution is -0.141. The van der Waals surface area contributed by atoms with Gasteiger partial charge in [-0.1, -0.05) is 30.3 Å². The highest BCUT2D eigenvalue weighted by molar-refractivity contribution is 6.09. The largest absolute Gasteiger partial charge is 0.491 e. The zero-order valence-corrected chi connectivity index (χ0v) is 21.6. The van der Waals surface area contributed by atoms with Crippen LogP contribution >= 0.6 is 0 Å². The molecule has 2 atom stereocenters. The van der Waals surface area contributed by atoms with E-state index in [0.717, 1.165) is 17.7 Å². The van der Waals surface area contributed by atoms with E-state index in [0.29, 0.717) is 0 Å². The smallest absolute Gasteiger partial charge is 0.248 e. The summed E-state index contributed by atoms with van der Waals surface area (Å²) in [5, 5.41) is 13.9. The minimum Gasteiger partial charge on any atom is -0.491 e. The Bertz CT molecular complexity index is 1190. The summed E-state index contributed by atoms with van der Waals surface area (Å²) in [7, 11) is 1.48. The molecule has 1 aliphatic rings. The molecule has 0 saturated carbocycles. The highest BCUT2D eigenvalue weighted by Gasteiger charge is 2.48. The number of ether oxygens (including phenoxy) is 1. The molecule has 2 aromatic carbocycles. The first kappa shape index (κ1) is 28.7. The predicted molar refractivity (Wildman–Crippen MR) is 138 cm³/mol. The number of nitrogens with two attached hydrogens (primary N) is 1. The Labute approximate surface area is 220 Å². The SMILES string of the molecule is CNC(=O)[C@]1(Cc2ccccc2)CN(C(=O)[C@@H](COc2ccc(F)c(F)c2)NC(=O)C(C)(C)N)CCC1=N. The lowest BCUT2D eigenvalue weighted by Gasteiger charge is -2.43. The van der Waals surface area contributed by atoms with Gasteiger partial charge >= 0.3 is 0 Å². The third kappa shape index (κ3) is 6.52. The molecule has 9 nitrogen and oxygen atoms in total. The van der Waals surface area contributed by atoms with E-state index in [1.165, 1.54) is 31.9 Å². The summed E-state index contributed by atoms with van der Waals surface area (Å²) in [5.74, 6) is -3.79. The fourth-order valence-electron chi connectivity index (χ4n) is 4.30. The van der Waals surface area contributed by atoms with E-state index in [4.69, 9.17) is 15.9 Å². The molecule has 0 unspecified atom stereocenters. The molecule has 1 aliphatic heterocycles. The second-order valence-electron chi connectivity index (χ2n) is 9.95. The average molecular weight is 530 g/mol. The van der Waals surface area contributed by atoms with Crippen molar-refractivity contribution >= 4 is 23.4 Å². The number of likely N-dealkylation sites (tertiary alicyclic amines) is 1. The first-order chi connectivity index (χ1) is 17.9. The Morgan fingerprint density at radius 1 is 1.16 bits per heavy atom. The van der Waals surface area contributed by atoms with E-state index in [2.05, 4.69) is 10.6 Å². The van der Waals surface area contributed by atoms with Crippen molar-refractivity contribution in [3.8, 4) is 5.75 Å². The second kappa shape index (κ2) is 11.7. The van der Waals surface area contributed by atoms with Gasteiger partial charge in [0, 0.05) is 38.3 Å². The molecule has 3 rings (SSSR count). The maximum atomic E-state index is 13.7. The van der Waals surface area contributed by atoms with Crippen LogP contribution in [-0.4, -0.2) is 66.7 Å². The van der Waals surface area contributed by atoms with Gasteiger partial charge in [0.2, 0.25) is 17.7 Å². The van der Waals surface area contributed by atoms with Gasteiger partial charge in [0.05, 0.1) is 5.54 Å². The zero-order valence-electron chi connectivity index (χ0n) is 21.6. The van der Waals surface area contributed by atoms with Crippen molar-refractivity contribution in [3.05, 3.63) is 65.7 Å². The fourth-order valence-corrected chi connectivity index (χ4v) is 4.30. The lowest BCUT2D eigenvalue weighted by Crippen LogP contribution is -2.63. The molecule has 0 aromatic heterocycles. The number of halogens is 2. The third-order valence-electron chi connectivity index (χ3n) is 6.49. The maximum Gasteiger partial charge on any atom is 0.248 e. The van der Waals surface area contributed by atoms with E-state index in [9.17, 15) is 23.2 Å². The Morgan fingerprint density at radius 3 is 2.45 bits per heavy atom. The monoisotopic (exact) mass is 529 g/mol. The molecule has 2 aromatic rings. The van der Waals surface area contributed by atoms with Crippen LogP contribution in [0.4, 0.5) is 8.78 Å². The van der Waals surface area contributed by atoms with Crippen molar-refractivity contribution in [3.63, 3.8) is 0 Å². The van der Waals surface area contributed by atoms with Crippen LogP contribution in [0.25, 0.3) is 0 Å². The number of nitrogens with one attached hydrogen (secondary N) is 3. The molecule has 0 radical (unpaired) electrons. The van der Waals surface area contributed by atoms with Gasteiger partial charge in [-0.2, -0.15) is 0 Å². The normalized spacial score (nSPS) is 18.5. The van der Waals surface area contributed by atoms with Gasteiger partial charge in [-0.3, -0.25) is 14.4 Å². The van der Waals surface area contributed by atoms with Crippen LogP contribution in [0.1, 0.15) is 25.8 Å². The maximum absolute atomic E-state index is 13.7. The Morgan fingerprint density at radius 2 is 1.84 bits per heavy atom. The topological polar surface area (TPSA) is 138 Å². The number of rotatable bonds is 9. The lowest BCUT2D eigenvalue weighted by atomic mass is 9.72. The number of hydrogen-bond donors (Lipinski definition) is 4. The van der Waals surface area contributed by atoms with E-state index in [1.54, 1.807) is 0 Å². The number of carbonyl (C=O) groups is 3. The van der Waals surface area contributed by atoms with Gasteiger partial charge in [-0.05, 0) is 38.0 Å². The number of nitrogens with zero attached hydrogens (tertiary/aromatic N) is 1. The molecule has 5 N–H and O–H groups in total. The van der Waals surface area contributed by atoms with Crippen molar-refractivity contribution in [1.29, 1.82) is 5.41 Å². The molecule has 0 spiro atoms. The highest BCUT2D eigenvalue weighted by Crippen LogP contribution is 2.32. The zero-order chi connectivity index (χ0) is 28.1. The second-order valence-corrected chi connectivity index (χ2v) is 9.95. The Hall–Kier alpha value is -3.86. The molecule has 11 heteroatoms. The molecule has 3 amide bonds. The Kier molecular flexibility index (Phi) is 8.82. The third-order valence-corrected chi connectivity index (χ3v) is 6.49. The van der Waals surface area contributed by atoms with E-state index in [1.807, 2.05) is 30.3 Å². The number of benzene rings is 2. The minimum absolute atomic E-state index is 0.0350. The summed E-state index contributed by atoms with van der Waals surface area (Å²) >= 11 is 0. The van der Waals surface area contributed by atoms with Crippen molar-refractivity contribution in [1.82, 2.24) is 15.5 Å². The van der Waals surface area contributed by atoms with Gasteiger partial charge < -0.3 is 31.4 Å². The summed E-state index contributed by atoms with van der Waals surface area (Å²) < 4.78 is 32.5. The standard InChI is InChI=1S/C27H33F2N5O4/c1-26(2,31)24(36)33-21(15-38-18-9-10-19(28)20(29)13-18)23(35)34-12-11-22(30)27(16-34,25(37)32-3)14-17-7-5-4-6-8-17/h4-10,13,21,30H,11-12,14-16,31H2,1-3H3,(H,32,37)(H,33,36)/t21-,27-/m1/s1. The number of piperidine rings is 1. The van der Waals surface area contributed by atoms with Gasteiger partial charge in [-0.25, -0.2) is 8.78 Å². The Balaban J connectivity index is 1.88. The molecule has 1 saturated heterocycles. The molecular weight excluding hydrogens is 496 g/mol. The van der Waals surface area contributed by atoms with Gasteiger partial charge in [0.15, 0.2) is 11.6 Å². The van der Waals surface area contributed by atoms with Crippen LogP contribution in [0.3, 0.4) is 0 Å². The van der Waals surface area contributed by atoms with Crippen molar-refractivity contribution in [2.75, 3.05) is 26.7 Å². The van der Waals surface area contributed by atoms with Crippen molar-refractivity contribution < 1.29 is 27.9 Å². The molecule has 0 aliphatic carbocycles. The summed E-state index contributed by atoms with van der Waals surface area (Å²) in [5.41, 5.74) is 4.30. The molecule has 204 valence electrons. The summed E-state index contributed by atoms with van der Waals surface area (Å²) in [6, 6.07) is 10.9. The van der Waals surface area contributed by atoms with Crippen LogP contribution in [0.2, 0.25) is 0 Å². The summed E-state index contributed by atoms with van der Waals surface area (Å²) in [4.78, 5) is 41.0. The molecule has 1 fully saturated rings. The molecular formula is C27H33F2N5O4. The number of amides is 3. The van der Waals surface area contributed by atoms with Gasteiger partial charge in [-0.15, -0.1) is 0 Å². The predicted octanol–water partition coefficient (Wildman–Crippen LogP) is 1.79. The summed E-state index contributed by atoms with van der Waals surface area (Å²) in [6.07, 6.45) is 0.355. The van der Waals surface area contributed by atoms with E-state index in [-0.39, 0.29) is 37.4 Å². The first-order valence-electron chi connectivity index (χ1n) is 12.2. The van der Waals surface area contributed by atoms with Crippen LogP contribution < -0.4 is 21.1 Å². The van der Waals surface area contributed by atoms with Crippen LogP contribution in [0.15, 0.2) is 48.5 Å². The minimum atomic E-state index is -1.32. The van der Waals surface area contributed by atoms with Crippen LogP contribution in [-0.2, 0) is 20.8 Å². The number of carbonyl (C=O) groups excluding carboxylic acids is 3. The number of hydrogen-bond acceptors (Lipinski definition) is 6. The van der Waals surface area contributed by atoms with E-state index >= 15 is 0 Å². The molecule has 38 heavy (non-hydrogen) atoms. The van der Waals surface area contributed by atoms with Crippen LogP contribution in [0.5, 0.6) is 5.75 Å². The van der Waals surface area contributed by atoms with E-state index < -0.39 is 53.0 Å².